The smallest absolute Gasteiger partial charge is 0.226 e. The SMILES string of the molecule is Cc1noc(CCCC(=O)NC2CCCC2(C)CO)n1. The second kappa shape index (κ2) is 6.35. The van der Waals surface area contributed by atoms with E-state index in [0.717, 1.165) is 19.3 Å². The Morgan fingerprint density at radius 3 is 3.05 bits per heavy atom. The fourth-order valence-electron chi connectivity index (χ4n) is 2.78. The van der Waals surface area contributed by atoms with E-state index >= 15 is 0 Å². The summed E-state index contributed by atoms with van der Waals surface area (Å²) < 4.78 is 5.00. The highest BCUT2D eigenvalue weighted by atomic mass is 16.5. The Labute approximate surface area is 118 Å². The minimum Gasteiger partial charge on any atom is -0.396 e. The van der Waals surface area contributed by atoms with Crippen LogP contribution in [0.3, 0.4) is 0 Å². The van der Waals surface area contributed by atoms with Crippen LogP contribution in [0, 0.1) is 12.3 Å². The molecule has 0 spiro atoms. The van der Waals surface area contributed by atoms with Crippen molar-refractivity contribution < 1.29 is 14.4 Å². The Kier molecular flexibility index (Phi) is 4.75. The fourth-order valence-corrected chi connectivity index (χ4v) is 2.78. The average Bonchev–Trinajstić information content (AvgIpc) is 2.98. The molecule has 0 radical (unpaired) electrons. The van der Waals surface area contributed by atoms with Gasteiger partial charge in [0.05, 0.1) is 6.61 Å². The van der Waals surface area contributed by atoms with E-state index in [1.165, 1.54) is 0 Å². The van der Waals surface area contributed by atoms with Crippen molar-refractivity contribution in [3.05, 3.63) is 11.7 Å². The van der Waals surface area contributed by atoms with Gasteiger partial charge in [-0.1, -0.05) is 18.5 Å². The van der Waals surface area contributed by atoms with E-state index in [1.807, 2.05) is 6.92 Å². The van der Waals surface area contributed by atoms with Crippen molar-refractivity contribution in [2.45, 2.75) is 58.4 Å². The summed E-state index contributed by atoms with van der Waals surface area (Å²) in [6.45, 7) is 3.93. The summed E-state index contributed by atoms with van der Waals surface area (Å²) in [5, 5.41) is 16.2. The molecule has 2 unspecified atom stereocenters. The number of nitrogens with zero attached hydrogens (tertiary/aromatic N) is 2. The third-order valence-corrected chi connectivity index (χ3v) is 4.14. The van der Waals surface area contributed by atoms with E-state index in [9.17, 15) is 9.90 Å². The van der Waals surface area contributed by atoms with Crippen molar-refractivity contribution in [2.75, 3.05) is 6.61 Å². The minimum absolute atomic E-state index is 0.0350. The van der Waals surface area contributed by atoms with Gasteiger partial charge in [0.25, 0.3) is 0 Å². The first-order valence-corrected chi connectivity index (χ1v) is 7.23. The molecule has 6 heteroatoms. The van der Waals surface area contributed by atoms with Crippen molar-refractivity contribution >= 4 is 5.91 Å². The first-order chi connectivity index (χ1) is 9.53. The van der Waals surface area contributed by atoms with Gasteiger partial charge in [-0.3, -0.25) is 4.79 Å². The summed E-state index contributed by atoms with van der Waals surface area (Å²) in [5.41, 5.74) is -0.167. The third kappa shape index (κ3) is 3.56. The van der Waals surface area contributed by atoms with Crippen LogP contribution >= 0.6 is 0 Å². The van der Waals surface area contributed by atoms with Crippen LogP contribution in [0.15, 0.2) is 4.52 Å². The van der Waals surface area contributed by atoms with Crippen LogP contribution in [-0.4, -0.2) is 33.8 Å². The average molecular weight is 281 g/mol. The maximum Gasteiger partial charge on any atom is 0.226 e. The molecular weight excluding hydrogens is 258 g/mol. The standard InChI is InChI=1S/C14H23N3O3/c1-10-15-13(20-17-10)7-3-6-12(19)16-11-5-4-8-14(11,2)9-18/h11,18H,3-9H2,1-2H3,(H,16,19). The summed E-state index contributed by atoms with van der Waals surface area (Å²) >= 11 is 0. The number of aromatic nitrogens is 2. The van der Waals surface area contributed by atoms with Crippen LogP contribution in [0.25, 0.3) is 0 Å². The molecule has 1 aromatic rings. The third-order valence-electron chi connectivity index (χ3n) is 4.14. The molecule has 0 bridgehead atoms. The molecular formula is C14H23N3O3. The Bertz CT molecular complexity index is 460. The molecule has 2 rings (SSSR count). The number of rotatable bonds is 6. The van der Waals surface area contributed by atoms with Crippen LogP contribution < -0.4 is 5.32 Å². The van der Waals surface area contributed by atoms with Gasteiger partial charge in [0, 0.05) is 24.3 Å². The van der Waals surface area contributed by atoms with E-state index in [-0.39, 0.29) is 24.0 Å². The zero-order chi connectivity index (χ0) is 14.6. The van der Waals surface area contributed by atoms with E-state index in [0.29, 0.717) is 31.0 Å². The number of hydrogen-bond acceptors (Lipinski definition) is 5. The van der Waals surface area contributed by atoms with Crippen molar-refractivity contribution in [1.29, 1.82) is 0 Å². The molecule has 2 atom stereocenters. The van der Waals surface area contributed by atoms with Crippen molar-refractivity contribution in [3.63, 3.8) is 0 Å². The Balaban J connectivity index is 1.73. The molecule has 1 fully saturated rings. The monoisotopic (exact) mass is 281 g/mol. The van der Waals surface area contributed by atoms with Gasteiger partial charge in [-0.05, 0) is 26.2 Å². The van der Waals surface area contributed by atoms with Crippen molar-refractivity contribution in [1.82, 2.24) is 15.5 Å². The molecule has 1 aromatic heterocycles. The maximum atomic E-state index is 11.9. The van der Waals surface area contributed by atoms with Gasteiger partial charge in [-0.25, -0.2) is 0 Å². The molecule has 1 saturated carbocycles. The van der Waals surface area contributed by atoms with Gasteiger partial charge >= 0.3 is 0 Å². The van der Waals surface area contributed by atoms with Gasteiger partial charge in [0.1, 0.15) is 0 Å². The lowest BCUT2D eigenvalue weighted by Crippen LogP contribution is -2.44. The van der Waals surface area contributed by atoms with Gasteiger partial charge in [0.15, 0.2) is 5.82 Å². The summed E-state index contributed by atoms with van der Waals surface area (Å²) in [6.07, 6.45) is 4.73. The quantitative estimate of drug-likeness (QED) is 0.822. The number of amides is 1. The number of aliphatic hydroxyl groups excluding tert-OH is 1. The minimum atomic E-state index is -0.167. The lowest BCUT2D eigenvalue weighted by atomic mass is 9.85. The molecule has 1 heterocycles. The molecule has 1 aliphatic carbocycles. The second-order valence-corrected chi connectivity index (χ2v) is 5.91. The van der Waals surface area contributed by atoms with Crippen LogP contribution in [0.5, 0.6) is 0 Å². The maximum absolute atomic E-state index is 11.9. The lowest BCUT2D eigenvalue weighted by Gasteiger charge is -2.30. The second-order valence-electron chi connectivity index (χ2n) is 5.91. The largest absolute Gasteiger partial charge is 0.396 e. The molecule has 1 amide bonds. The fraction of sp³-hybridized carbons (Fsp3) is 0.786. The molecule has 0 aliphatic heterocycles. The number of aryl methyl sites for hydroxylation is 2. The highest BCUT2D eigenvalue weighted by Gasteiger charge is 2.38. The molecule has 0 saturated heterocycles. The van der Waals surface area contributed by atoms with Gasteiger partial charge in [-0.2, -0.15) is 4.98 Å². The molecule has 20 heavy (non-hydrogen) atoms. The predicted molar refractivity (Wildman–Crippen MR) is 72.9 cm³/mol. The Morgan fingerprint density at radius 2 is 2.40 bits per heavy atom. The number of hydrogen-bond donors (Lipinski definition) is 2. The van der Waals surface area contributed by atoms with Crippen LogP contribution in [0.4, 0.5) is 0 Å². The van der Waals surface area contributed by atoms with Gasteiger partial charge in [0.2, 0.25) is 11.8 Å². The van der Waals surface area contributed by atoms with E-state index in [2.05, 4.69) is 15.5 Å². The number of nitrogens with one attached hydrogen (secondary N) is 1. The van der Waals surface area contributed by atoms with Crippen molar-refractivity contribution in [2.24, 2.45) is 5.41 Å². The van der Waals surface area contributed by atoms with E-state index in [1.54, 1.807) is 6.92 Å². The first-order valence-electron chi connectivity index (χ1n) is 7.23. The molecule has 1 aliphatic rings. The van der Waals surface area contributed by atoms with Crippen LogP contribution in [0.2, 0.25) is 0 Å². The molecule has 0 aromatic carbocycles. The Hall–Kier alpha value is -1.43. The number of aliphatic hydroxyl groups is 1. The zero-order valence-corrected chi connectivity index (χ0v) is 12.2. The summed E-state index contributed by atoms with van der Waals surface area (Å²) in [7, 11) is 0. The summed E-state index contributed by atoms with van der Waals surface area (Å²) in [5.74, 6) is 1.23. The topological polar surface area (TPSA) is 88.2 Å². The van der Waals surface area contributed by atoms with Crippen LogP contribution in [-0.2, 0) is 11.2 Å². The molecule has 6 nitrogen and oxygen atoms in total. The van der Waals surface area contributed by atoms with Gasteiger partial charge in [-0.15, -0.1) is 0 Å². The molecule has 2 N–H and O–H groups in total. The van der Waals surface area contributed by atoms with Gasteiger partial charge < -0.3 is 14.9 Å². The molecule has 112 valence electrons. The normalized spacial score (nSPS) is 25.9. The van der Waals surface area contributed by atoms with E-state index in [4.69, 9.17) is 4.52 Å². The Morgan fingerprint density at radius 1 is 1.60 bits per heavy atom. The first kappa shape index (κ1) is 15.0. The lowest BCUT2D eigenvalue weighted by molar-refractivity contribution is -0.122. The van der Waals surface area contributed by atoms with Crippen LogP contribution in [0.1, 0.15) is 50.7 Å². The summed E-state index contributed by atoms with van der Waals surface area (Å²) in [4.78, 5) is 16.0. The van der Waals surface area contributed by atoms with Crippen molar-refractivity contribution in [3.8, 4) is 0 Å². The zero-order valence-electron chi connectivity index (χ0n) is 12.2. The summed E-state index contributed by atoms with van der Waals surface area (Å²) in [6, 6.07) is 0.0886. The highest BCUT2D eigenvalue weighted by molar-refractivity contribution is 5.76. The predicted octanol–water partition coefficient (Wildman–Crippen LogP) is 1.37. The highest BCUT2D eigenvalue weighted by Crippen LogP contribution is 2.37. The van der Waals surface area contributed by atoms with E-state index < -0.39 is 0 Å². The number of carbonyl (C=O) groups is 1. The number of carbonyl (C=O) groups excluding carboxylic acids is 1.